The average Bonchev–Trinajstić information content (AvgIpc) is 2.66. The summed E-state index contributed by atoms with van der Waals surface area (Å²) in [6.07, 6.45) is 2.05. The van der Waals surface area contributed by atoms with Gasteiger partial charge < -0.3 is 19.5 Å². The quantitative estimate of drug-likeness (QED) is 0.566. The molecule has 0 saturated heterocycles. The molecule has 7 heteroatoms. The van der Waals surface area contributed by atoms with E-state index in [1.807, 2.05) is 18.2 Å². The monoisotopic (exact) mass is 411 g/mol. The Morgan fingerprint density at radius 1 is 1.04 bits per heavy atom. The smallest absolute Gasteiger partial charge is 0.258 e. The fourth-order valence-electron chi connectivity index (χ4n) is 2.25. The molecule has 0 aromatic heterocycles. The number of nitrogens with one attached hydrogen (secondary N) is 1. The highest BCUT2D eigenvalue weighted by Gasteiger charge is 2.09. The highest BCUT2D eigenvalue weighted by molar-refractivity contribution is 6.35. The molecule has 0 fully saturated rings. The molecule has 0 saturated carbocycles. The summed E-state index contributed by atoms with van der Waals surface area (Å²) in [5, 5.41) is 3.66. The van der Waals surface area contributed by atoms with Crippen LogP contribution in [-0.2, 0) is 11.3 Å². The molecule has 0 aliphatic heterocycles. The number of hydrogen-bond acceptors (Lipinski definition) is 4. The molecule has 0 heterocycles. The zero-order valence-corrected chi connectivity index (χ0v) is 16.9. The first-order valence-corrected chi connectivity index (χ1v) is 9.43. The van der Waals surface area contributed by atoms with Gasteiger partial charge in [0.1, 0.15) is 5.75 Å². The molecule has 0 atom stereocenters. The Balaban J connectivity index is 1.85. The highest BCUT2D eigenvalue weighted by Crippen LogP contribution is 2.29. The van der Waals surface area contributed by atoms with Gasteiger partial charge >= 0.3 is 0 Å². The zero-order chi connectivity index (χ0) is 19.6. The second-order valence-electron chi connectivity index (χ2n) is 5.83. The maximum absolute atomic E-state index is 12.0. The molecule has 5 nitrogen and oxygen atoms in total. The summed E-state index contributed by atoms with van der Waals surface area (Å²) in [7, 11) is 1.59. The van der Waals surface area contributed by atoms with Gasteiger partial charge in [0.25, 0.3) is 5.91 Å². The molecule has 0 aliphatic carbocycles. The fourth-order valence-corrected chi connectivity index (χ4v) is 2.72. The van der Waals surface area contributed by atoms with Crippen molar-refractivity contribution in [2.45, 2.75) is 26.3 Å². The Morgan fingerprint density at radius 3 is 2.52 bits per heavy atom. The molecule has 1 amide bonds. The van der Waals surface area contributed by atoms with Crippen molar-refractivity contribution in [3.8, 4) is 17.2 Å². The van der Waals surface area contributed by atoms with Gasteiger partial charge in [0, 0.05) is 11.6 Å². The van der Waals surface area contributed by atoms with Crippen LogP contribution in [0.15, 0.2) is 36.4 Å². The van der Waals surface area contributed by atoms with Crippen LogP contribution < -0.4 is 19.5 Å². The Labute approximate surface area is 169 Å². The summed E-state index contributed by atoms with van der Waals surface area (Å²) in [5.41, 5.74) is 0.896. The number of unbranched alkanes of at least 4 members (excludes halogenated alkanes) is 1. The first-order chi connectivity index (χ1) is 13.0. The van der Waals surface area contributed by atoms with Crippen LogP contribution in [0.25, 0.3) is 0 Å². The molecule has 1 N–H and O–H groups in total. The fraction of sp³-hybridized carbons (Fsp3) is 0.350. The number of carbonyl (C=O) groups excluding carboxylic acids is 1. The number of amides is 1. The number of methoxy groups -OCH3 is 1. The lowest BCUT2D eigenvalue weighted by molar-refractivity contribution is -0.123. The van der Waals surface area contributed by atoms with Crippen LogP contribution in [0, 0.1) is 0 Å². The largest absolute Gasteiger partial charge is 0.493 e. The molecule has 146 valence electrons. The number of rotatable bonds is 10. The van der Waals surface area contributed by atoms with E-state index in [1.54, 1.807) is 25.3 Å². The van der Waals surface area contributed by atoms with Gasteiger partial charge in [-0.3, -0.25) is 4.79 Å². The van der Waals surface area contributed by atoms with Crippen LogP contribution in [0.4, 0.5) is 0 Å². The van der Waals surface area contributed by atoms with Gasteiger partial charge in [0.15, 0.2) is 18.1 Å². The molecule has 2 aromatic carbocycles. The third-order valence-electron chi connectivity index (χ3n) is 3.73. The predicted octanol–water partition coefficient (Wildman–Crippen LogP) is 4.88. The van der Waals surface area contributed by atoms with Crippen molar-refractivity contribution in [3.63, 3.8) is 0 Å². The van der Waals surface area contributed by atoms with E-state index in [1.165, 1.54) is 0 Å². The summed E-state index contributed by atoms with van der Waals surface area (Å²) in [4.78, 5) is 12.0. The summed E-state index contributed by atoms with van der Waals surface area (Å²) in [6, 6.07) is 10.4. The van der Waals surface area contributed by atoms with Crippen molar-refractivity contribution in [1.82, 2.24) is 5.32 Å². The number of hydrogen-bond donors (Lipinski definition) is 1. The summed E-state index contributed by atoms with van der Waals surface area (Å²) in [5.74, 6) is 1.48. The molecule has 0 spiro atoms. The summed E-state index contributed by atoms with van der Waals surface area (Å²) >= 11 is 11.8. The Hall–Kier alpha value is -2.11. The number of carbonyl (C=O) groups is 1. The zero-order valence-electron chi connectivity index (χ0n) is 15.4. The van der Waals surface area contributed by atoms with Gasteiger partial charge in [0.2, 0.25) is 0 Å². The van der Waals surface area contributed by atoms with Gasteiger partial charge in [0.05, 0.1) is 18.7 Å². The van der Waals surface area contributed by atoms with Crippen LogP contribution in [0.3, 0.4) is 0 Å². The minimum atomic E-state index is -0.261. The van der Waals surface area contributed by atoms with Crippen LogP contribution in [0.1, 0.15) is 25.3 Å². The second-order valence-corrected chi connectivity index (χ2v) is 6.67. The van der Waals surface area contributed by atoms with Gasteiger partial charge in [-0.25, -0.2) is 0 Å². The number of ether oxygens (including phenoxy) is 3. The van der Waals surface area contributed by atoms with Crippen molar-refractivity contribution in [3.05, 3.63) is 52.0 Å². The third-order valence-corrected chi connectivity index (χ3v) is 4.26. The highest BCUT2D eigenvalue weighted by atomic mass is 35.5. The van der Waals surface area contributed by atoms with Crippen LogP contribution in [0.5, 0.6) is 17.2 Å². The Kier molecular flexibility index (Phi) is 8.55. The van der Waals surface area contributed by atoms with Crippen molar-refractivity contribution < 1.29 is 19.0 Å². The molecular formula is C20H23Cl2NO4. The minimum absolute atomic E-state index is 0.142. The lowest BCUT2D eigenvalue weighted by Gasteiger charge is -2.13. The first kappa shape index (κ1) is 21.2. The van der Waals surface area contributed by atoms with Gasteiger partial charge in [-0.15, -0.1) is 0 Å². The van der Waals surface area contributed by atoms with E-state index in [4.69, 9.17) is 37.4 Å². The van der Waals surface area contributed by atoms with Crippen molar-refractivity contribution >= 4 is 29.1 Å². The third kappa shape index (κ3) is 6.85. The van der Waals surface area contributed by atoms with Gasteiger partial charge in [-0.1, -0.05) is 42.6 Å². The molecule has 0 bridgehead atoms. The molecule has 0 aliphatic rings. The molecule has 2 rings (SSSR count). The van der Waals surface area contributed by atoms with Crippen molar-refractivity contribution in [1.29, 1.82) is 0 Å². The van der Waals surface area contributed by atoms with Crippen molar-refractivity contribution in [2.75, 3.05) is 20.3 Å². The van der Waals surface area contributed by atoms with Crippen LogP contribution in [0.2, 0.25) is 10.0 Å². The Bertz CT molecular complexity index is 768. The maximum atomic E-state index is 12.0. The SMILES string of the molecule is CCCCOc1ccc(CNC(=O)COc2ccc(Cl)cc2Cl)cc1OC. The van der Waals surface area contributed by atoms with E-state index in [2.05, 4.69) is 12.2 Å². The van der Waals surface area contributed by atoms with E-state index in [9.17, 15) is 4.79 Å². The van der Waals surface area contributed by atoms with E-state index in [-0.39, 0.29) is 12.5 Å². The molecule has 0 unspecified atom stereocenters. The van der Waals surface area contributed by atoms with Gasteiger partial charge in [-0.2, -0.15) is 0 Å². The molecule has 27 heavy (non-hydrogen) atoms. The Morgan fingerprint density at radius 2 is 1.81 bits per heavy atom. The lowest BCUT2D eigenvalue weighted by Crippen LogP contribution is -2.28. The summed E-state index contributed by atoms with van der Waals surface area (Å²) in [6.45, 7) is 2.96. The van der Waals surface area contributed by atoms with E-state index >= 15 is 0 Å². The number of halogens is 2. The number of benzene rings is 2. The maximum Gasteiger partial charge on any atom is 0.258 e. The van der Waals surface area contributed by atoms with Crippen LogP contribution in [-0.4, -0.2) is 26.2 Å². The molecule has 0 radical (unpaired) electrons. The summed E-state index contributed by atoms with van der Waals surface area (Å²) < 4.78 is 16.5. The average molecular weight is 412 g/mol. The molecular weight excluding hydrogens is 389 g/mol. The topological polar surface area (TPSA) is 56.8 Å². The van der Waals surface area contributed by atoms with E-state index < -0.39 is 0 Å². The molecule has 2 aromatic rings. The first-order valence-electron chi connectivity index (χ1n) is 8.67. The second kappa shape index (κ2) is 10.9. The van der Waals surface area contributed by atoms with E-state index in [0.29, 0.717) is 40.4 Å². The van der Waals surface area contributed by atoms with E-state index in [0.717, 1.165) is 18.4 Å². The normalized spacial score (nSPS) is 10.4. The van der Waals surface area contributed by atoms with Gasteiger partial charge in [-0.05, 0) is 42.3 Å². The minimum Gasteiger partial charge on any atom is -0.493 e. The van der Waals surface area contributed by atoms with Crippen LogP contribution >= 0.6 is 23.2 Å². The predicted molar refractivity (Wildman–Crippen MR) is 107 cm³/mol. The lowest BCUT2D eigenvalue weighted by atomic mass is 10.2. The van der Waals surface area contributed by atoms with Crippen molar-refractivity contribution in [2.24, 2.45) is 0 Å². The standard InChI is InChI=1S/C20H23Cl2NO4/c1-3-4-9-26-18-7-5-14(10-19(18)25-2)12-23-20(24)13-27-17-8-6-15(21)11-16(17)22/h5-8,10-11H,3-4,9,12-13H2,1-2H3,(H,23,24).